The predicted molar refractivity (Wildman–Crippen MR) is 69.3 cm³/mol. The molecule has 1 rings (SSSR count). The maximum Gasteiger partial charge on any atom is 0.337 e. The summed E-state index contributed by atoms with van der Waals surface area (Å²) in [6, 6.07) is 3.13. The molecule has 0 saturated heterocycles. The molecule has 0 aliphatic heterocycles. The highest BCUT2D eigenvalue weighted by Gasteiger charge is 2.27. The smallest absolute Gasteiger partial charge is 0.337 e. The molecule has 1 atom stereocenters. The fourth-order valence-corrected chi connectivity index (χ4v) is 1.96. The molecular formula is C13H17ClO4. The molecule has 1 aromatic rings. The van der Waals surface area contributed by atoms with Crippen LogP contribution in [-0.4, -0.2) is 23.3 Å². The minimum atomic E-state index is -1.65. The molecule has 0 aromatic heterocycles. The lowest BCUT2D eigenvalue weighted by Crippen LogP contribution is -2.17. The summed E-state index contributed by atoms with van der Waals surface area (Å²) in [4.78, 5) is 10.9. The molecule has 5 heteroatoms. The van der Waals surface area contributed by atoms with Gasteiger partial charge >= 0.3 is 5.97 Å². The lowest BCUT2D eigenvalue weighted by atomic mass is 9.84. The molecular weight excluding hydrogens is 256 g/mol. The third-order valence-corrected chi connectivity index (χ3v) is 2.84. The van der Waals surface area contributed by atoms with E-state index >= 15 is 0 Å². The third kappa shape index (κ3) is 2.94. The normalized spacial score (nSPS) is 13.2. The molecule has 1 aromatic carbocycles. The summed E-state index contributed by atoms with van der Waals surface area (Å²) in [6.07, 6.45) is -1.65. The SMILES string of the molecule is COc1c(C(O)C(=O)O)cc(Cl)cc1C(C)(C)C. The van der Waals surface area contributed by atoms with Gasteiger partial charge in [-0.05, 0) is 17.5 Å². The van der Waals surface area contributed by atoms with Crippen LogP contribution < -0.4 is 4.74 Å². The molecule has 100 valence electrons. The Bertz CT molecular complexity index is 463. The quantitative estimate of drug-likeness (QED) is 0.888. The van der Waals surface area contributed by atoms with Gasteiger partial charge in [0.2, 0.25) is 0 Å². The van der Waals surface area contributed by atoms with Crippen molar-refractivity contribution in [1.82, 2.24) is 0 Å². The van der Waals surface area contributed by atoms with Crippen molar-refractivity contribution < 1.29 is 19.7 Å². The van der Waals surface area contributed by atoms with Crippen LogP contribution in [-0.2, 0) is 10.2 Å². The number of carbonyl (C=O) groups is 1. The van der Waals surface area contributed by atoms with E-state index in [4.69, 9.17) is 21.4 Å². The van der Waals surface area contributed by atoms with Gasteiger partial charge in [0.25, 0.3) is 0 Å². The molecule has 0 saturated carbocycles. The second kappa shape index (κ2) is 5.16. The van der Waals surface area contributed by atoms with Crippen molar-refractivity contribution in [3.8, 4) is 5.75 Å². The lowest BCUT2D eigenvalue weighted by Gasteiger charge is -2.25. The molecule has 0 aliphatic carbocycles. The third-order valence-electron chi connectivity index (χ3n) is 2.62. The fourth-order valence-electron chi connectivity index (χ4n) is 1.74. The van der Waals surface area contributed by atoms with Gasteiger partial charge in [0, 0.05) is 16.1 Å². The zero-order valence-corrected chi connectivity index (χ0v) is 11.6. The van der Waals surface area contributed by atoms with Gasteiger partial charge in [-0.3, -0.25) is 0 Å². The number of aliphatic hydroxyl groups excluding tert-OH is 1. The molecule has 0 radical (unpaired) electrons. The van der Waals surface area contributed by atoms with E-state index in [1.54, 1.807) is 6.07 Å². The van der Waals surface area contributed by atoms with E-state index in [-0.39, 0.29) is 11.0 Å². The molecule has 0 aliphatic rings. The van der Waals surface area contributed by atoms with Crippen LogP contribution in [0.4, 0.5) is 0 Å². The van der Waals surface area contributed by atoms with E-state index in [1.165, 1.54) is 13.2 Å². The monoisotopic (exact) mass is 272 g/mol. The molecule has 0 fully saturated rings. The van der Waals surface area contributed by atoms with Gasteiger partial charge in [0.15, 0.2) is 6.10 Å². The number of hydrogen-bond acceptors (Lipinski definition) is 3. The van der Waals surface area contributed by atoms with Gasteiger partial charge in [0.1, 0.15) is 5.75 Å². The fraction of sp³-hybridized carbons (Fsp3) is 0.462. The molecule has 4 nitrogen and oxygen atoms in total. The Hall–Kier alpha value is -1.26. The molecule has 1 unspecified atom stereocenters. The van der Waals surface area contributed by atoms with E-state index in [0.717, 1.165) is 5.56 Å². The van der Waals surface area contributed by atoms with Crippen molar-refractivity contribution in [2.45, 2.75) is 32.3 Å². The van der Waals surface area contributed by atoms with Crippen molar-refractivity contribution in [3.05, 3.63) is 28.3 Å². The Morgan fingerprint density at radius 1 is 1.39 bits per heavy atom. The number of ether oxygens (including phenoxy) is 1. The number of aliphatic hydroxyl groups is 1. The van der Waals surface area contributed by atoms with Crippen LogP contribution in [0.25, 0.3) is 0 Å². The van der Waals surface area contributed by atoms with Gasteiger partial charge in [0.05, 0.1) is 7.11 Å². The number of methoxy groups -OCH3 is 1. The first-order valence-electron chi connectivity index (χ1n) is 5.47. The van der Waals surface area contributed by atoms with Crippen LogP contribution >= 0.6 is 11.6 Å². The van der Waals surface area contributed by atoms with Crippen LogP contribution in [0.15, 0.2) is 12.1 Å². The minimum Gasteiger partial charge on any atom is -0.496 e. The van der Waals surface area contributed by atoms with Gasteiger partial charge in [-0.2, -0.15) is 0 Å². The first-order chi connectivity index (χ1) is 8.18. The largest absolute Gasteiger partial charge is 0.496 e. The van der Waals surface area contributed by atoms with Crippen molar-refractivity contribution in [2.75, 3.05) is 7.11 Å². The van der Waals surface area contributed by atoms with Crippen LogP contribution in [0.5, 0.6) is 5.75 Å². The molecule has 0 amide bonds. The van der Waals surface area contributed by atoms with Crippen molar-refractivity contribution in [1.29, 1.82) is 0 Å². The second-order valence-electron chi connectivity index (χ2n) is 5.07. The molecule has 0 bridgehead atoms. The predicted octanol–water partition coefficient (Wildman–Crippen LogP) is 2.76. The number of halogens is 1. The Balaban J connectivity index is 3.52. The standard InChI is InChI=1S/C13H17ClO4/c1-13(2,3)9-6-7(14)5-8(11(9)18-4)10(15)12(16)17/h5-6,10,15H,1-4H3,(H,16,17). The Morgan fingerprint density at radius 3 is 2.33 bits per heavy atom. The number of rotatable bonds is 3. The Kier molecular flexibility index (Phi) is 4.24. The highest BCUT2D eigenvalue weighted by Crippen LogP contribution is 2.39. The molecule has 0 heterocycles. The lowest BCUT2D eigenvalue weighted by molar-refractivity contribution is -0.147. The second-order valence-corrected chi connectivity index (χ2v) is 5.50. The van der Waals surface area contributed by atoms with E-state index in [9.17, 15) is 9.90 Å². The van der Waals surface area contributed by atoms with E-state index in [2.05, 4.69) is 0 Å². The number of hydrogen-bond donors (Lipinski definition) is 2. The van der Waals surface area contributed by atoms with E-state index in [0.29, 0.717) is 10.8 Å². The van der Waals surface area contributed by atoms with E-state index < -0.39 is 12.1 Å². The molecule has 2 N–H and O–H groups in total. The van der Waals surface area contributed by atoms with Crippen LogP contribution in [0.1, 0.15) is 38.0 Å². The molecule has 0 spiro atoms. The van der Waals surface area contributed by atoms with Gasteiger partial charge in [-0.15, -0.1) is 0 Å². The van der Waals surface area contributed by atoms with Crippen molar-refractivity contribution in [2.24, 2.45) is 0 Å². The van der Waals surface area contributed by atoms with Gasteiger partial charge in [-0.25, -0.2) is 4.79 Å². The highest BCUT2D eigenvalue weighted by molar-refractivity contribution is 6.30. The van der Waals surface area contributed by atoms with E-state index in [1.807, 2.05) is 20.8 Å². The average molecular weight is 273 g/mol. The summed E-state index contributed by atoms with van der Waals surface area (Å²) < 4.78 is 5.25. The first-order valence-corrected chi connectivity index (χ1v) is 5.85. The zero-order chi connectivity index (χ0) is 14.1. The number of carboxylic acid groups (broad SMARTS) is 1. The Morgan fingerprint density at radius 2 is 1.94 bits per heavy atom. The Labute approximate surface area is 111 Å². The topological polar surface area (TPSA) is 66.8 Å². The minimum absolute atomic E-state index is 0.169. The highest BCUT2D eigenvalue weighted by atomic mass is 35.5. The van der Waals surface area contributed by atoms with Crippen LogP contribution in [0.3, 0.4) is 0 Å². The number of aliphatic carboxylic acids is 1. The van der Waals surface area contributed by atoms with Crippen LogP contribution in [0, 0.1) is 0 Å². The summed E-state index contributed by atoms with van der Waals surface area (Å²) in [6.45, 7) is 5.87. The maximum absolute atomic E-state index is 10.9. The summed E-state index contributed by atoms with van der Waals surface area (Å²) >= 11 is 5.97. The van der Waals surface area contributed by atoms with Crippen LogP contribution in [0.2, 0.25) is 5.02 Å². The number of carboxylic acids is 1. The number of benzene rings is 1. The van der Waals surface area contributed by atoms with Crippen molar-refractivity contribution in [3.63, 3.8) is 0 Å². The van der Waals surface area contributed by atoms with Crippen molar-refractivity contribution >= 4 is 17.6 Å². The summed E-state index contributed by atoms with van der Waals surface area (Å²) in [5, 5.41) is 18.9. The first kappa shape index (κ1) is 14.8. The van der Waals surface area contributed by atoms with Gasteiger partial charge < -0.3 is 14.9 Å². The summed E-state index contributed by atoms with van der Waals surface area (Å²) in [5.41, 5.74) is 0.652. The van der Waals surface area contributed by atoms with Gasteiger partial charge in [-0.1, -0.05) is 32.4 Å². The summed E-state index contributed by atoms with van der Waals surface area (Å²) in [5.74, 6) is -0.975. The average Bonchev–Trinajstić information content (AvgIpc) is 2.25. The summed E-state index contributed by atoms with van der Waals surface area (Å²) in [7, 11) is 1.44. The molecule has 18 heavy (non-hydrogen) atoms. The maximum atomic E-state index is 10.9. The zero-order valence-electron chi connectivity index (χ0n) is 10.8.